The molecule has 0 aliphatic rings. The number of hydrogen-bond donors (Lipinski definition) is 2. The minimum absolute atomic E-state index is 0.0328. The van der Waals surface area contributed by atoms with E-state index in [0.29, 0.717) is 10.7 Å². The molecule has 112 valence electrons. The number of H-pyrrole nitrogens is 2. The molecule has 0 aliphatic heterocycles. The first-order valence-corrected chi connectivity index (χ1v) is 7.90. The Kier molecular flexibility index (Phi) is 5.01. The number of carbonyl (C=O) groups excluding carboxylic acids is 1. The number of aryl methyl sites for hydroxylation is 3. The molecule has 6 heteroatoms. The van der Waals surface area contributed by atoms with Crippen LogP contribution in [0.2, 0.25) is 0 Å². The summed E-state index contributed by atoms with van der Waals surface area (Å²) >= 11 is 1.27. The molecule has 0 amide bonds. The van der Waals surface area contributed by atoms with E-state index < -0.39 is 0 Å². The smallest absolute Gasteiger partial charge is 0.251 e. The van der Waals surface area contributed by atoms with Gasteiger partial charge in [0.2, 0.25) is 0 Å². The van der Waals surface area contributed by atoms with Crippen LogP contribution in [0.3, 0.4) is 0 Å². The third-order valence-electron chi connectivity index (χ3n) is 3.07. The Bertz CT molecular complexity index is 703. The van der Waals surface area contributed by atoms with Gasteiger partial charge in [0.25, 0.3) is 5.56 Å². The van der Waals surface area contributed by atoms with E-state index in [9.17, 15) is 9.59 Å². The molecule has 0 bridgehead atoms. The number of aromatic nitrogens is 3. The first-order valence-electron chi connectivity index (χ1n) is 6.92. The summed E-state index contributed by atoms with van der Waals surface area (Å²) in [5, 5.41) is 0.504. The Labute approximate surface area is 127 Å². The van der Waals surface area contributed by atoms with Crippen LogP contribution >= 0.6 is 11.8 Å². The highest BCUT2D eigenvalue weighted by Gasteiger charge is 2.13. The van der Waals surface area contributed by atoms with Gasteiger partial charge >= 0.3 is 0 Å². The summed E-state index contributed by atoms with van der Waals surface area (Å²) in [6.45, 7) is 5.84. The van der Waals surface area contributed by atoms with Gasteiger partial charge in [0.15, 0.2) is 10.9 Å². The first kappa shape index (κ1) is 15.6. The fourth-order valence-electron chi connectivity index (χ4n) is 2.16. The summed E-state index contributed by atoms with van der Waals surface area (Å²) in [6.07, 6.45) is 1.70. The number of ketones is 1. The quantitative estimate of drug-likeness (QED) is 0.488. The standard InChI is InChI=1S/C15H19N3O2S/c1-4-5-11-7-14(20)18-15(17-11)21-8-13(19)12-6-9(2)16-10(12)3/h6-7,16H,4-5,8H2,1-3H3,(H,17,18,20). The topological polar surface area (TPSA) is 78.6 Å². The molecule has 21 heavy (non-hydrogen) atoms. The Morgan fingerprint density at radius 3 is 2.67 bits per heavy atom. The highest BCUT2D eigenvalue weighted by Crippen LogP contribution is 2.17. The lowest BCUT2D eigenvalue weighted by atomic mass is 10.2. The summed E-state index contributed by atoms with van der Waals surface area (Å²) in [7, 11) is 0. The molecule has 0 unspecified atom stereocenters. The monoisotopic (exact) mass is 305 g/mol. The van der Waals surface area contributed by atoms with Crippen molar-refractivity contribution in [3.8, 4) is 0 Å². The Morgan fingerprint density at radius 1 is 1.29 bits per heavy atom. The minimum atomic E-state index is -0.169. The van der Waals surface area contributed by atoms with Gasteiger partial charge < -0.3 is 9.97 Å². The van der Waals surface area contributed by atoms with Crippen LogP contribution < -0.4 is 5.56 Å². The number of Topliss-reactive ketones (excluding diaryl/α,β-unsaturated/α-hetero) is 1. The third-order valence-corrected chi connectivity index (χ3v) is 3.94. The summed E-state index contributed by atoms with van der Waals surface area (Å²) in [4.78, 5) is 33.9. The van der Waals surface area contributed by atoms with Crippen LogP contribution in [0.5, 0.6) is 0 Å². The molecule has 0 aromatic carbocycles. The van der Waals surface area contributed by atoms with Gasteiger partial charge in [0, 0.05) is 28.7 Å². The van der Waals surface area contributed by atoms with Gasteiger partial charge in [-0.05, 0) is 26.3 Å². The highest BCUT2D eigenvalue weighted by molar-refractivity contribution is 7.99. The zero-order valence-corrected chi connectivity index (χ0v) is 13.3. The van der Waals surface area contributed by atoms with E-state index in [1.807, 2.05) is 26.8 Å². The van der Waals surface area contributed by atoms with Crippen LogP contribution in [0.1, 0.15) is 40.8 Å². The van der Waals surface area contributed by atoms with Crippen molar-refractivity contribution < 1.29 is 4.79 Å². The van der Waals surface area contributed by atoms with Gasteiger partial charge in [0.1, 0.15) is 0 Å². The maximum Gasteiger partial charge on any atom is 0.251 e. The van der Waals surface area contributed by atoms with Crippen molar-refractivity contribution in [2.24, 2.45) is 0 Å². The van der Waals surface area contributed by atoms with E-state index >= 15 is 0 Å². The van der Waals surface area contributed by atoms with Crippen LogP contribution in [0, 0.1) is 13.8 Å². The molecular formula is C15H19N3O2S. The SMILES string of the molecule is CCCc1cc(=O)[nH]c(SCC(=O)c2cc(C)[nH]c2C)n1. The Morgan fingerprint density at radius 2 is 2.05 bits per heavy atom. The maximum atomic E-state index is 12.2. The van der Waals surface area contributed by atoms with E-state index in [-0.39, 0.29) is 17.1 Å². The molecule has 2 aromatic rings. The van der Waals surface area contributed by atoms with Gasteiger partial charge in [-0.3, -0.25) is 9.59 Å². The second-order valence-electron chi connectivity index (χ2n) is 4.99. The van der Waals surface area contributed by atoms with Gasteiger partial charge in [-0.25, -0.2) is 4.98 Å². The molecular weight excluding hydrogens is 286 g/mol. The predicted molar refractivity (Wildman–Crippen MR) is 84.2 cm³/mol. The molecule has 0 radical (unpaired) electrons. The van der Waals surface area contributed by atoms with Crippen LogP contribution in [-0.2, 0) is 6.42 Å². The van der Waals surface area contributed by atoms with Gasteiger partial charge in [-0.1, -0.05) is 25.1 Å². The maximum absolute atomic E-state index is 12.2. The highest BCUT2D eigenvalue weighted by atomic mass is 32.2. The van der Waals surface area contributed by atoms with E-state index in [1.54, 1.807) is 0 Å². The average molecular weight is 305 g/mol. The number of carbonyl (C=O) groups is 1. The number of rotatable bonds is 6. The van der Waals surface area contributed by atoms with E-state index in [2.05, 4.69) is 15.0 Å². The first-order chi connectivity index (χ1) is 9.99. The number of hydrogen-bond acceptors (Lipinski definition) is 4. The number of aromatic amines is 2. The van der Waals surface area contributed by atoms with Crippen molar-refractivity contribution in [3.05, 3.63) is 45.1 Å². The molecule has 0 saturated heterocycles. The molecule has 0 aliphatic carbocycles. The second-order valence-corrected chi connectivity index (χ2v) is 5.96. The Balaban J connectivity index is 2.07. The van der Waals surface area contributed by atoms with Gasteiger partial charge in [-0.15, -0.1) is 0 Å². The minimum Gasteiger partial charge on any atom is -0.362 e. The normalized spacial score (nSPS) is 10.8. The summed E-state index contributed by atoms with van der Waals surface area (Å²) in [5.74, 6) is 0.293. The van der Waals surface area contributed by atoms with Crippen molar-refractivity contribution in [2.45, 2.75) is 38.8 Å². The molecule has 0 atom stereocenters. The fourth-order valence-corrected chi connectivity index (χ4v) is 2.94. The fraction of sp³-hybridized carbons (Fsp3) is 0.400. The zero-order chi connectivity index (χ0) is 15.4. The van der Waals surface area contributed by atoms with Crippen molar-refractivity contribution in [1.29, 1.82) is 0 Å². The number of thioether (sulfide) groups is 1. The van der Waals surface area contributed by atoms with E-state index in [0.717, 1.165) is 29.9 Å². The molecule has 5 nitrogen and oxygen atoms in total. The molecule has 0 saturated carbocycles. The lowest BCUT2D eigenvalue weighted by molar-refractivity contribution is 0.102. The van der Waals surface area contributed by atoms with Crippen LogP contribution in [-0.4, -0.2) is 26.5 Å². The van der Waals surface area contributed by atoms with E-state index in [1.165, 1.54) is 17.8 Å². The zero-order valence-electron chi connectivity index (χ0n) is 12.4. The van der Waals surface area contributed by atoms with Gasteiger partial charge in [0.05, 0.1) is 5.75 Å². The van der Waals surface area contributed by atoms with Crippen LogP contribution in [0.25, 0.3) is 0 Å². The van der Waals surface area contributed by atoms with Crippen molar-refractivity contribution in [1.82, 2.24) is 15.0 Å². The molecule has 2 aromatic heterocycles. The lowest BCUT2D eigenvalue weighted by Crippen LogP contribution is -2.11. The number of nitrogens with zero attached hydrogens (tertiary/aromatic N) is 1. The van der Waals surface area contributed by atoms with Crippen molar-refractivity contribution in [2.75, 3.05) is 5.75 Å². The Hall–Kier alpha value is -1.82. The molecule has 2 heterocycles. The van der Waals surface area contributed by atoms with Crippen molar-refractivity contribution >= 4 is 17.5 Å². The molecule has 0 fully saturated rings. The summed E-state index contributed by atoms with van der Waals surface area (Å²) < 4.78 is 0. The number of nitrogens with one attached hydrogen (secondary N) is 2. The predicted octanol–water partition coefficient (Wildman–Crippen LogP) is 2.64. The lowest BCUT2D eigenvalue weighted by Gasteiger charge is -2.03. The van der Waals surface area contributed by atoms with Crippen molar-refractivity contribution in [3.63, 3.8) is 0 Å². The summed E-state index contributed by atoms with van der Waals surface area (Å²) in [6, 6.07) is 3.36. The third kappa shape index (κ3) is 4.07. The summed E-state index contributed by atoms with van der Waals surface area (Å²) in [5.41, 5.74) is 3.14. The molecule has 2 N–H and O–H groups in total. The van der Waals surface area contributed by atoms with Crippen LogP contribution in [0.15, 0.2) is 22.1 Å². The largest absolute Gasteiger partial charge is 0.362 e. The van der Waals surface area contributed by atoms with E-state index in [4.69, 9.17) is 0 Å². The average Bonchev–Trinajstić information content (AvgIpc) is 2.75. The van der Waals surface area contributed by atoms with Gasteiger partial charge in [-0.2, -0.15) is 0 Å². The molecule has 2 rings (SSSR count). The second kappa shape index (κ2) is 6.76. The molecule has 0 spiro atoms. The van der Waals surface area contributed by atoms with Crippen LogP contribution in [0.4, 0.5) is 0 Å².